The van der Waals surface area contributed by atoms with Crippen LogP contribution in [0.2, 0.25) is 0 Å². The average Bonchev–Trinajstić information content (AvgIpc) is 3.08. The third kappa shape index (κ3) is 4.97. The van der Waals surface area contributed by atoms with Gasteiger partial charge in [-0.1, -0.05) is 6.07 Å². The van der Waals surface area contributed by atoms with Crippen LogP contribution in [0.5, 0.6) is 0 Å². The summed E-state index contributed by atoms with van der Waals surface area (Å²) in [5.74, 6) is -0.259. The van der Waals surface area contributed by atoms with Gasteiger partial charge in [-0.25, -0.2) is 0 Å². The number of carbonyl (C=O) groups excluding carboxylic acids is 3. The van der Waals surface area contributed by atoms with Crippen molar-refractivity contribution in [1.82, 2.24) is 10.2 Å². The molecule has 0 radical (unpaired) electrons. The molecule has 2 heterocycles. The Hall–Kier alpha value is -2.61. The van der Waals surface area contributed by atoms with Gasteiger partial charge >= 0.3 is 0 Å². The Morgan fingerprint density at radius 1 is 1.15 bits per heavy atom. The fraction of sp³-hybridized carbons (Fsp3) is 0.316. The van der Waals surface area contributed by atoms with Crippen LogP contribution in [0, 0.1) is 0 Å². The van der Waals surface area contributed by atoms with Crippen molar-refractivity contribution in [3.63, 3.8) is 0 Å². The molecule has 0 aliphatic carbocycles. The van der Waals surface area contributed by atoms with E-state index in [0.29, 0.717) is 41.9 Å². The number of likely N-dealkylation sites (tertiary alicyclic amines) is 1. The third-order valence-electron chi connectivity index (χ3n) is 4.34. The predicted octanol–water partition coefficient (Wildman–Crippen LogP) is 3.04. The molecule has 2 N–H and O–H groups in total. The Labute approximate surface area is 165 Å². The Kier molecular flexibility index (Phi) is 5.95. The lowest BCUT2D eigenvalue weighted by molar-refractivity contribution is -0.114. The van der Waals surface area contributed by atoms with Crippen molar-refractivity contribution in [2.24, 2.45) is 0 Å². The molecule has 1 saturated heterocycles. The summed E-state index contributed by atoms with van der Waals surface area (Å²) in [5, 5.41) is 5.62. The van der Waals surface area contributed by atoms with Gasteiger partial charge in [0.2, 0.25) is 5.91 Å². The van der Waals surface area contributed by atoms with Crippen LogP contribution in [0.4, 0.5) is 5.69 Å². The predicted molar refractivity (Wildman–Crippen MR) is 104 cm³/mol. The summed E-state index contributed by atoms with van der Waals surface area (Å²) in [5.41, 5.74) is 1.13. The van der Waals surface area contributed by atoms with E-state index in [2.05, 4.69) is 26.6 Å². The summed E-state index contributed by atoms with van der Waals surface area (Å²) in [4.78, 5) is 37.8. The summed E-state index contributed by atoms with van der Waals surface area (Å²) in [6.07, 6.45) is 1.34. The molecular formula is C19H20BrN3O4. The summed E-state index contributed by atoms with van der Waals surface area (Å²) in [6.45, 7) is 2.53. The highest BCUT2D eigenvalue weighted by atomic mass is 79.9. The molecule has 27 heavy (non-hydrogen) atoms. The largest absolute Gasteiger partial charge is 0.444 e. The van der Waals surface area contributed by atoms with E-state index in [4.69, 9.17) is 4.42 Å². The topological polar surface area (TPSA) is 91.7 Å². The number of hydrogen-bond donors (Lipinski definition) is 2. The quantitative estimate of drug-likeness (QED) is 0.774. The monoisotopic (exact) mass is 433 g/mol. The normalized spacial score (nSPS) is 14.7. The van der Waals surface area contributed by atoms with Crippen LogP contribution >= 0.6 is 15.9 Å². The second-order valence-corrected chi connectivity index (χ2v) is 7.19. The number of nitrogens with zero attached hydrogens (tertiary/aromatic N) is 1. The van der Waals surface area contributed by atoms with Crippen LogP contribution in [0.1, 0.15) is 40.7 Å². The van der Waals surface area contributed by atoms with E-state index in [1.54, 1.807) is 41.3 Å². The number of hydrogen-bond acceptors (Lipinski definition) is 4. The standard InChI is InChI=1S/C19H20BrN3O4/c1-12(24)21-15-4-2-3-13(11-15)19(26)23-9-7-14(8-10-23)22-18(25)16-5-6-17(20)27-16/h2-6,11,14H,7-10H2,1H3,(H,21,24)(H,22,25). The Balaban J connectivity index is 1.55. The molecule has 0 saturated carbocycles. The van der Waals surface area contributed by atoms with Gasteiger partial charge in [0.25, 0.3) is 11.8 Å². The minimum atomic E-state index is -0.256. The number of furan rings is 1. The first-order chi connectivity index (χ1) is 12.9. The third-order valence-corrected chi connectivity index (χ3v) is 4.77. The lowest BCUT2D eigenvalue weighted by atomic mass is 10.0. The highest BCUT2D eigenvalue weighted by molar-refractivity contribution is 9.10. The maximum Gasteiger partial charge on any atom is 0.287 e. The van der Waals surface area contributed by atoms with E-state index in [0.717, 1.165) is 0 Å². The van der Waals surface area contributed by atoms with Crippen LogP contribution in [-0.4, -0.2) is 41.8 Å². The highest BCUT2D eigenvalue weighted by Crippen LogP contribution is 2.18. The first-order valence-corrected chi connectivity index (χ1v) is 9.45. The molecule has 7 nitrogen and oxygen atoms in total. The summed E-state index contributed by atoms with van der Waals surface area (Å²) >= 11 is 3.18. The van der Waals surface area contributed by atoms with E-state index in [-0.39, 0.29) is 29.5 Å². The number of carbonyl (C=O) groups is 3. The van der Waals surface area contributed by atoms with E-state index in [9.17, 15) is 14.4 Å². The number of anilines is 1. The van der Waals surface area contributed by atoms with Crippen LogP contribution in [0.25, 0.3) is 0 Å². The van der Waals surface area contributed by atoms with Crippen LogP contribution in [0.3, 0.4) is 0 Å². The minimum absolute atomic E-state index is 0.00357. The number of amides is 3. The SMILES string of the molecule is CC(=O)Nc1cccc(C(=O)N2CCC(NC(=O)c3ccc(Br)o3)CC2)c1. The van der Waals surface area contributed by atoms with Gasteiger partial charge in [-0.15, -0.1) is 0 Å². The van der Waals surface area contributed by atoms with Crippen molar-refractivity contribution in [3.8, 4) is 0 Å². The molecule has 0 unspecified atom stereocenters. The molecule has 1 aliphatic heterocycles. The molecule has 8 heteroatoms. The highest BCUT2D eigenvalue weighted by Gasteiger charge is 2.25. The van der Waals surface area contributed by atoms with Crippen LogP contribution in [-0.2, 0) is 4.79 Å². The van der Waals surface area contributed by atoms with E-state index < -0.39 is 0 Å². The molecule has 1 aromatic heterocycles. The van der Waals surface area contributed by atoms with Gasteiger partial charge in [0.15, 0.2) is 10.4 Å². The molecule has 0 atom stereocenters. The lowest BCUT2D eigenvalue weighted by Gasteiger charge is -2.32. The second kappa shape index (κ2) is 8.39. The van der Waals surface area contributed by atoms with Gasteiger partial charge in [-0.3, -0.25) is 14.4 Å². The van der Waals surface area contributed by atoms with Gasteiger partial charge in [-0.05, 0) is 59.1 Å². The second-order valence-electron chi connectivity index (χ2n) is 6.41. The van der Waals surface area contributed by atoms with Crippen molar-refractivity contribution < 1.29 is 18.8 Å². The summed E-state index contributed by atoms with van der Waals surface area (Å²) in [6, 6.07) is 10.2. The van der Waals surface area contributed by atoms with Gasteiger partial charge in [0, 0.05) is 37.3 Å². The summed E-state index contributed by atoms with van der Waals surface area (Å²) in [7, 11) is 0. The van der Waals surface area contributed by atoms with E-state index in [1.165, 1.54) is 6.92 Å². The van der Waals surface area contributed by atoms with E-state index >= 15 is 0 Å². The molecule has 1 aliphatic rings. The smallest absolute Gasteiger partial charge is 0.287 e. The molecule has 3 rings (SSSR count). The number of rotatable bonds is 4. The Morgan fingerprint density at radius 2 is 1.89 bits per heavy atom. The van der Waals surface area contributed by atoms with Crippen molar-refractivity contribution in [3.05, 3.63) is 52.4 Å². The van der Waals surface area contributed by atoms with Gasteiger partial charge < -0.3 is 20.0 Å². The van der Waals surface area contributed by atoms with Gasteiger partial charge in [0.05, 0.1) is 0 Å². The molecular weight excluding hydrogens is 414 g/mol. The average molecular weight is 434 g/mol. The lowest BCUT2D eigenvalue weighted by Crippen LogP contribution is -2.46. The molecule has 2 aromatic rings. The van der Waals surface area contributed by atoms with Crippen molar-refractivity contribution >= 4 is 39.3 Å². The Bertz CT molecular complexity index is 856. The van der Waals surface area contributed by atoms with Crippen molar-refractivity contribution in [2.75, 3.05) is 18.4 Å². The molecule has 0 spiro atoms. The molecule has 0 bridgehead atoms. The van der Waals surface area contributed by atoms with E-state index in [1.807, 2.05) is 0 Å². The first-order valence-electron chi connectivity index (χ1n) is 8.65. The van der Waals surface area contributed by atoms with Crippen LogP contribution < -0.4 is 10.6 Å². The number of halogens is 1. The zero-order valence-electron chi connectivity index (χ0n) is 14.8. The minimum Gasteiger partial charge on any atom is -0.444 e. The van der Waals surface area contributed by atoms with Gasteiger partial charge in [-0.2, -0.15) is 0 Å². The molecule has 1 aromatic carbocycles. The fourth-order valence-corrected chi connectivity index (χ4v) is 3.34. The fourth-order valence-electron chi connectivity index (χ4n) is 3.04. The number of nitrogens with one attached hydrogen (secondary N) is 2. The zero-order chi connectivity index (χ0) is 19.4. The first kappa shape index (κ1) is 19.2. The molecule has 1 fully saturated rings. The Morgan fingerprint density at radius 3 is 2.52 bits per heavy atom. The number of piperidine rings is 1. The number of benzene rings is 1. The van der Waals surface area contributed by atoms with Crippen LogP contribution in [0.15, 0.2) is 45.5 Å². The van der Waals surface area contributed by atoms with Gasteiger partial charge in [0.1, 0.15) is 0 Å². The molecule has 142 valence electrons. The summed E-state index contributed by atoms with van der Waals surface area (Å²) < 4.78 is 5.76. The van der Waals surface area contributed by atoms with Crippen molar-refractivity contribution in [2.45, 2.75) is 25.8 Å². The maximum atomic E-state index is 12.7. The zero-order valence-corrected chi connectivity index (χ0v) is 16.4. The van der Waals surface area contributed by atoms with Crippen molar-refractivity contribution in [1.29, 1.82) is 0 Å². The molecule has 3 amide bonds. The maximum absolute atomic E-state index is 12.7.